The maximum absolute atomic E-state index is 11.8. The molecular formula is C12H19ClO2. The molecule has 0 N–H and O–H groups in total. The zero-order valence-electron chi connectivity index (χ0n) is 9.20. The second-order valence-corrected chi connectivity index (χ2v) is 5.69. The molecule has 86 valence electrons. The highest BCUT2D eigenvalue weighted by atomic mass is 35.5. The lowest BCUT2D eigenvalue weighted by atomic mass is 9.49. The van der Waals surface area contributed by atoms with Gasteiger partial charge in [-0.2, -0.15) is 0 Å². The molecule has 0 aromatic carbocycles. The molecule has 0 aromatic heterocycles. The topological polar surface area (TPSA) is 26.3 Å². The predicted octanol–water partition coefficient (Wildman–Crippen LogP) is 2.80. The van der Waals surface area contributed by atoms with Crippen molar-refractivity contribution in [2.45, 2.75) is 38.5 Å². The molecule has 0 aromatic rings. The highest BCUT2D eigenvalue weighted by molar-refractivity contribution is 5.85. The molecule has 4 rings (SSSR count). The average Bonchev–Trinajstić information content (AvgIpc) is 2.14. The number of rotatable bonds is 1. The van der Waals surface area contributed by atoms with E-state index in [-0.39, 0.29) is 23.8 Å². The molecule has 0 spiro atoms. The van der Waals surface area contributed by atoms with Crippen LogP contribution in [0.15, 0.2) is 0 Å². The molecule has 3 heteroatoms. The Labute approximate surface area is 97.2 Å². The molecule has 15 heavy (non-hydrogen) atoms. The fraction of sp³-hybridized carbons (Fsp3) is 0.917. The number of methoxy groups -OCH3 is 1. The summed E-state index contributed by atoms with van der Waals surface area (Å²) >= 11 is 0. The molecule has 0 heterocycles. The highest BCUT2D eigenvalue weighted by Crippen LogP contribution is 2.60. The van der Waals surface area contributed by atoms with E-state index in [1.165, 1.54) is 19.3 Å². The van der Waals surface area contributed by atoms with E-state index in [4.69, 9.17) is 4.74 Å². The van der Waals surface area contributed by atoms with Crippen molar-refractivity contribution in [1.29, 1.82) is 0 Å². The third kappa shape index (κ3) is 1.57. The zero-order valence-corrected chi connectivity index (χ0v) is 10.0. The Balaban J connectivity index is 0.000000853. The van der Waals surface area contributed by atoms with Gasteiger partial charge in [0.2, 0.25) is 0 Å². The third-order valence-corrected chi connectivity index (χ3v) is 4.66. The lowest BCUT2D eigenvalue weighted by Crippen LogP contribution is -2.50. The van der Waals surface area contributed by atoms with E-state index in [9.17, 15) is 4.79 Å². The first kappa shape index (κ1) is 11.3. The van der Waals surface area contributed by atoms with E-state index in [1.807, 2.05) is 0 Å². The van der Waals surface area contributed by atoms with Crippen molar-refractivity contribution in [2.75, 3.05) is 7.11 Å². The summed E-state index contributed by atoms with van der Waals surface area (Å²) in [6.45, 7) is 0. The first-order chi connectivity index (χ1) is 6.72. The van der Waals surface area contributed by atoms with Crippen LogP contribution >= 0.6 is 12.4 Å². The quantitative estimate of drug-likeness (QED) is 0.648. The maximum Gasteiger partial charge on any atom is 0.311 e. The van der Waals surface area contributed by atoms with Crippen LogP contribution in [0.4, 0.5) is 0 Å². The predicted molar refractivity (Wildman–Crippen MR) is 59.9 cm³/mol. The summed E-state index contributed by atoms with van der Waals surface area (Å²) in [5.74, 6) is 2.58. The minimum Gasteiger partial charge on any atom is -0.469 e. The largest absolute Gasteiger partial charge is 0.469 e. The maximum atomic E-state index is 11.8. The van der Waals surface area contributed by atoms with Crippen molar-refractivity contribution in [2.24, 2.45) is 23.2 Å². The van der Waals surface area contributed by atoms with E-state index in [0.717, 1.165) is 37.0 Å². The fourth-order valence-electron chi connectivity index (χ4n) is 4.58. The van der Waals surface area contributed by atoms with Crippen molar-refractivity contribution in [1.82, 2.24) is 0 Å². The Bertz CT molecular complexity index is 240. The SMILES string of the molecule is COC(=O)C12CC3CC(CC(C3)C1)C2.Cl. The summed E-state index contributed by atoms with van der Waals surface area (Å²) in [5, 5.41) is 0. The molecule has 4 fully saturated rings. The monoisotopic (exact) mass is 230 g/mol. The van der Waals surface area contributed by atoms with Crippen LogP contribution in [0.2, 0.25) is 0 Å². The Hall–Kier alpha value is -0.240. The summed E-state index contributed by atoms with van der Waals surface area (Å²) in [7, 11) is 1.54. The van der Waals surface area contributed by atoms with Crippen LogP contribution in [-0.4, -0.2) is 13.1 Å². The van der Waals surface area contributed by atoms with Gasteiger partial charge in [-0.1, -0.05) is 0 Å². The third-order valence-electron chi connectivity index (χ3n) is 4.66. The van der Waals surface area contributed by atoms with Gasteiger partial charge in [-0.25, -0.2) is 0 Å². The molecule has 0 unspecified atom stereocenters. The zero-order chi connectivity index (χ0) is 9.76. The van der Waals surface area contributed by atoms with Crippen LogP contribution in [0.1, 0.15) is 38.5 Å². The Kier molecular flexibility index (Phi) is 2.74. The molecule has 0 amide bonds. The van der Waals surface area contributed by atoms with Gasteiger partial charge in [-0.05, 0) is 56.3 Å². The number of carbonyl (C=O) groups is 1. The van der Waals surface area contributed by atoms with E-state index in [1.54, 1.807) is 7.11 Å². The van der Waals surface area contributed by atoms with Gasteiger partial charge in [0.25, 0.3) is 0 Å². The van der Waals surface area contributed by atoms with Crippen molar-refractivity contribution in [3.05, 3.63) is 0 Å². The van der Waals surface area contributed by atoms with Gasteiger partial charge in [0.05, 0.1) is 12.5 Å². The number of carbonyl (C=O) groups excluding carboxylic acids is 1. The number of hydrogen-bond donors (Lipinski definition) is 0. The molecule has 0 saturated heterocycles. The van der Waals surface area contributed by atoms with Crippen LogP contribution in [0.25, 0.3) is 0 Å². The molecule has 4 aliphatic carbocycles. The number of halogens is 1. The van der Waals surface area contributed by atoms with Crippen molar-refractivity contribution in [3.63, 3.8) is 0 Å². The molecule has 0 atom stereocenters. The van der Waals surface area contributed by atoms with Gasteiger partial charge in [-0.15, -0.1) is 12.4 Å². The van der Waals surface area contributed by atoms with Gasteiger partial charge in [0, 0.05) is 0 Å². The first-order valence-corrected chi connectivity index (χ1v) is 5.80. The van der Waals surface area contributed by atoms with Crippen LogP contribution in [0.3, 0.4) is 0 Å². The van der Waals surface area contributed by atoms with E-state index in [0.29, 0.717) is 0 Å². The highest BCUT2D eigenvalue weighted by Gasteiger charge is 2.55. The minimum absolute atomic E-state index is 0. The number of ether oxygens (including phenoxy) is 1. The van der Waals surface area contributed by atoms with Gasteiger partial charge in [-0.3, -0.25) is 4.79 Å². The lowest BCUT2D eigenvalue weighted by molar-refractivity contribution is -0.168. The second kappa shape index (κ2) is 3.65. The van der Waals surface area contributed by atoms with Gasteiger partial charge in [0.1, 0.15) is 0 Å². The van der Waals surface area contributed by atoms with E-state index >= 15 is 0 Å². The molecule has 2 nitrogen and oxygen atoms in total. The van der Waals surface area contributed by atoms with Crippen LogP contribution in [-0.2, 0) is 9.53 Å². The van der Waals surface area contributed by atoms with E-state index in [2.05, 4.69) is 0 Å². The summed E-state index contributed by atoms with van der Waals surface area (Å²) < 4.78 is 5.00. The average molecular weight is 231 g/mol. The summed E-state index contributed by atoms with van der Waals surface area (Å²) in [4.78, 5) is 11.8. The summed E-state index contributed by atoms with van der Waals surface area (Å²) in [6, 6.07) is 0. The Morgan fingerprint density at radius 3 is 1.80 bits per heavy atom. The number of esters is 1. The van der Waals surface area contributed by atoms with Crippen LogP contribution in [0, 0.1) is 23.2 Å². The fourth-order valence-corrected chi connectivity index (χ4v) is 4.58. The van der Waals surface area contributed by atoms with Crippen molar-refractivity contribution >= 4 is 18.4 Å². The normalized spacial score (nSPS) is 46.1. The van der Waals surface area contributed by atoms with Crippen molar-refractivity contribution in [3.8, 4) is 0 Å². The van der Waals surface area contributed by atoms with Crippen molar-refractivity contribution < 1.29 is 9.53 Å². The molecular weight excluding hydrogens is 212 g/mol. The standard InChI is InChI=1S/C12H18O2.ClH/c1-14-11(13)12-5-8-2-9(6-12)4-10(3-8)7-12;/h8-10H,2-7H2,1H3;1H. The smallest absolute Gasteiger partial charge is 0.311 e. The van der Waals surface area contributed by atoms with E-state index < -0.39 is 0 Å². The minimum atomic E-state index is -0.0521. The van der Waals surface area contributed by atoms with Crippen LogP contribution < -0.4 is 0 Å². The molecule has 0 radical (unpaired) electrons. The first-order valence-electron chi connectivity index (χ1n) is 5.80. The molecule has 4 aliphatic rings. The van der Waals surface area contributed by atoms with Gasteiger partial charge < -0.3 is 4.74 Å². The molecule has 4 saturated carbocycles. The summed E-state index contributed by atoms with van der Waals surface area (Å²) in [5.41, 5.74) is -0.0521. The van der Waals surface area contributed by atoms with Gasteiger partial charge >= 0.3 is 5.97 Å². The Morgan fingerprint density at radius 1 is 1.07 bits per heavy atom. The second-order valence-electron chi connectivity index (χ2n) is 5.69. The molecule has 0 aliphatic heterocycles. The summed E-state index contributed by atoms with van der Waals surface area (Å²) in [6.07, 6.45) is 7.51. The lowest BCUT2D eigenvalue weighted by Gasteiger charge is -2.55. The van der Waals surface area contributed by atoms with Crippen LogP contribution in [0.5, 0.6) is 0 Å². The van der Waals surface area contributed by atoms with Gasteiger partial charge in [0.15, 0.2) is 0 Å². The molecule has 4 bridgehead atoms. The Morgan fingerprint density at radius 2 is 1.47 bits per heavy atom. The number of hydrogen-bond acceptors (Lipinski definition) is 2.